The van der Waals surface area contributed by atoms with Gasteiger partial charge < -0.3 is 10.3 Å². The summed E-state index contributed by atoms with van der Waals surface area (Å²) in [6.45, 7) is 4.17. The van der Waals surface area contributed by atoms with E-state index in [9.17, 15) is 0 Å². The summed E-state index contributed by atoms with van der Waals surface area (Å²) in [6.07, 6.45) is 0. The molecule has 0 radical (unpaired) electrons. The van der Waals surface area contributed by atoms with E-state index in [-0.39, 0.29) is 0 Å². The molecule has 1 aromatic carbocycles. The van der Waals surface area contributed by atoms with Crippen LogP contribution in [0.5, 0.6) is 0 Å². The minimum Gasteiger partial charge on any atom is -0.380 e. The van der Waals surface area contributed by atoms with Gasteiger partial charge in [-0.1, -0.05) is 23.4 Å². The van der Waals surface area contributed by atoms with Gasteiger partial charge in [0.2, 0.25) is 0 Å². The Morgan fingerprint density at radius 3 is 2.52 bits per heavy atom. The summed E-state index contributed by atoms with van der Waals surface area (Å²) in [5.41, 5.74) is 11.3. The fourth-order valence-corrected chi connectivity index (χ4v) is 4.95. The first-order valence-corrected chi connectivity index (χ1v) is 8.65. The van der Waals surface area contributed by atoms with Crippen molar-refractivity contribution in [1.29, 1.82) is 0 Å². The Bertz CT molecular complexity index is 823. The summed E-state index contributed by atoms with van der Waals surface area (Å²) < 4.78 is 7.48. The predicted molar refractivity (Wildman–Crippen MR) is 94.5 cm³/mol. The van der Waals surface area contributed by atoms with Gasteiger partial charge in [-0.05, 0) is 68.5 Å². The maximum absolute atomic E-state index is 6.03. The molecule has 3 rings (SSSR count). The van der Waals surface area contributed by atoms with E-state index < -0.39 is 0 Å². The van der Waals surface area contributed by atoms with Crippen molar-refractivity contribution in [2.45, 2.75) is 13.8 Å². The molecule has 0 saturated carbocycles. The zero-order valence-electron chi connectivity index (χ0n) is 11.4. The topological polar surface area (TPSA) is 52.0 Å². The Morgan fingerprint density at radius 1 is 1.14 bits per heavy atom. The highest BCUT2D eigenvalue weighted by molar-refractivity contribution is 9.12. The maximum atomic E-state index is 6.03. The Morgan fingerprint density at radius 2 is 1.90 bits per heavy atom. The van der Waals surface area contributed by atoms with E-state index >= 15 is 0 Å². The predicted octanol–water partition coefficient (Wildman–Crippen LogP) is 5.79. The summed E-state index contributed by atoms with van der Waals surface area (Å²) >= 11 is 8.63. The molecule has 2 N–H and O–H groups in total. The number of aromatic nitrogens is 1. The lowest BCUT2D eigenvalue weighted by Crippen LogP contribution is -1.90. The zero-order chi connectivity index (χ0) is 15.1. The number of aryl methyl sites for hydroxylation is 2. The van der Waals surface area contributed by atoms with Gasteiger partial charge in [-0.3, -0.25) is 0 Å². The number of thiophene rings is 1. The summed E-state index contributed by atoms with van der Waals surface area (Å²) in [6, 6.07) is 8.24. The maximum Gasteiger partial charge on any atom is 0.178 e. The molecule has 108 valence electrons. The van der Waals surface area contributed by atoms with E-state index in [4.69, 9.17) is 10.3 Å². The normalized spacial score (nSPS) is 11.0. The quantitative estimate of drug-likeness (QED) is 0.562. The largest absolute Gasteiger partial charge is 0.380 e. The van der Waals surface area contributed by atoms with Crippen LogP contribution in [0.1, 0.15) is 11.1 Å². The van der Waals surface area contributed by atoms with Crippen molar-refractivity contribution in [3.8, 4) is 22.5 Å². The second-order valence-corrected chi connectivity index (χ2v) is 8.56. The first-order valence-electron chi connectivity index (χ1n) is 6.25. The van der Waals surface area contributed by atoms with Crippen LogP contribution in [0.25, 0.3) is 22.5 Å². The molecule has 2 heterocycles. The lowest BCUT2D eigenvalue weighted by Gasteiger charge is -2.05. The Hall–Kier alpha value is -1.11. The number of nitrogens with zero attached hydrogens (tertiary/aromatic N) is 1. The van der Waals surface area contributed by atoms with Gasteiger partial charge in [0.1, 0.15) is 0 Å². The van der Waals surface area contributed by atoms with Crippen LogP contribution in [0, 0.1) is 13.8 Å². The van der Waals surface area contributed by atoms with Crippen LogP contribution >= 0.6 is 43.2 Å². The molecule has 0 fully saturated rings. The molecule has 0 bridgehead atoms. The summed E-state index contributed by atoms with van der Waals surface area (Å²) in [5.74, 6) is 1.09. The number of nitrogen functional groups attached to an aromatic ring is 1. The first-order chi connectivity index (χ1) is 9.97. The van der Waals surface area contributed by atoms with Crippen molar-refractivity contribution in [3.05, 3.63) is 43.0 Å². The Labute approximate surface area is 143 Å². The molecule has 0 amide bonds. The Kier molecular flexibility index (Phi) is 3.94. The van der Waals surface area contributed by atoms with Crippen molar-refractivity contribution >= 4 is 49.0 Å². The number of halogens is 2. The van der Waals surface area contributed by atoms with Crippen molar-refractivity contribution < 1.29 is 4.52 Å². The van der Waals surface area contributed by atoms with E-state index in [0.717, 1.165) is 24.3 Å². The van der Waals surface area contributed by atoms with Gasteiger partial charge in [-0.25, -0.2) is 0 Å². The molecule has 0 aliphatic heterocycles. The fourth-order valence-electron chi connectivity index (χ4n) is 2.16. The lowest BCUT2D eigenvalue weighted by atomic mass is 9.99. The third kappa shape index (κ3) is 2.67. The Balaban J connectivity index is 2.21. The number of anilines is 1. The van der Waals surface area contributed by atoms with Crippen molar-refractivity contribution in [2.75, 3.05) is 5.73 Å². The molecule has 2 aromatic heterocycles. The summed E-state index contributed by atoms with van der Waals surface area (Å²) in [4.78, 5) is 0. The molecule has 21 heavy (non-hydrogen) atoms. The van der Waals surface area contributed by atoms with Crippen molar-refractivity contribution in [3.63, 3.8) is 0 Å². The molecular formula is C15H12Br2N2OS. The number of rotatable bonds is 2. The van der Waals surface area contributed by atoms with Gasteiger partial charge in [0.25, 0.3) is 0 Å². The van der Waals surface area contributed by atoms with E-state index in [2.05, 4.69) is 63.0 Å². The van der Waals surface area contributed by atoms with Crippen LogP contribution in [0.4, 0.5) is 5.82 Å². The van der Waals surface area contributed by atoms with E-state index in [1.54, 1.807) is 11.3 Å². The molecule has 0 unspecified atom stereocenters. The third-order valence-electron chi connectivity index (χ3n) is 3.42. The second-order valence-electron chi connectivity index (χ2n) is 4.81. The lowest BCUT2D eigenvalue weighted by molar-refractivity contribution is 0.436. The molecular weight excluding hydrogens is 416 g/mol. The van der Waals surface area contributed by atoms with E-state index in [0.29, 0.717) is 11.6 Å². The average Bonchev–Trinajstić information content (AvgIpc) is 2.95. The van der Waals surface area contributed by atoms with Gasteiger partial charge >= 0.3 is 0 Å². The number of hydrogen-bond donors (Lipinski definition) is 1. The molecule has 3 nitrogen and oxygen atoms in total. The summed E-state index contributed by atoms with van der Waals surface area (Å²) in [5, 5.41) is 3.94. The van der Waals surface area contributed by atoms with E-state index in [1.165, 1.54) is 11.1 Å². The number of benzene rings is 1. The average molecular weight is 428 g/mol. The molecule has 3 aromatic rings. The molecule has 0 atom stereocenters. The molecule has 0 spiro atoms. The van der Waals surface area contributed by atoms with Gasteiger partial charge in [0, 0.05) is 5.56 Å². The highest BCUT2D eigenvalue weighted by atomic mass is 79.9. The summed E-state index contributed by atoms with van der Waals surface area (Å²) in [7, 11) is 0. The highest BCUT2D eigenvalue weighted by Gasteiger charge is 2.21. The van der Waals surface area contributed by atoms with Crippen LogP contribution in [0.15, 0.2) is 36.4 Å². The minimum absolute atomic E-state index is 0.405. The van der Waals surface area contributed by atoms with Crippen LogP contribution < -0.4 is 5.73 Å². The number of hydrogen-bond acceptors (Lipinski definition) is 4. The van der Waals surface area contributed by atoms with Crippen LogP contribution in [-0.4, -0.2) is 5.16 Å². The number of nitrogens with two attached hydrogens (primary N) is 1. The van der Waals surface area contributed by atoms with Crippen LogP contribution in [-0.2, 0) is 0 Å². The van der Waals surface area contributed by atoms with Gasteiger partial charge in [-0.2, -0.15) is 0 Å². The minimum atomic E-state index is 0.405. The van der Waals surface area contributed by atoms with Gasteiger partial charge in [0.15, 0.2) is 11.6 Å². The molecule has 0 saturated heterocycles. The van der Waals surface area contributed by atoms with Gasteiger partial charge in [-0.15, -0.1) is 11.3 Å². The zero-order valence-corrected chi connectivity index (χ0v) is 15.4. The third-order valence-corrected chi connectivity index (χ3v) is 5.75. The van der Waals surface area contributed by atoms with Crippen molar-refractivity contribution in [2.24, 2.45) is 0 Å². The fraction of sp³-hybridized carbons (Fsp3) is 0.133. The smallest absolute Gasteiger partial charge is 0.178 e. The SMILES string of the molecule is Cc1ccc(-c2c(N)noc2-c2cc(Br)sc2Br)cc1C. The molecule has 6 heteroatoms. The van der Waals surface area contributed by atoms with Crippen molar-refractivity contribution in [1.82, 2.24) is 5.16 Å². The van der Waals surface area contributed by atoms with Gasteiger partial charge in [0.05, 0.1) is 13.1 Å². The highest BCUT2D eigenvalue weighted by Crippen LogP contribution is 2.44. The second kappa shape index (κ2) is 5.59. The van der Waals surface area contributed by atoms with Crippen LogP contribution in [0.3, 0.4) is 0 Å². The molecule has 0 aliphatic rings. The monoisotopic (exact) mass is 426 g/mol. The van der Waals surface area contributed by atoms with Crippen LogP contribution in [0.2, 0.25) is 0 Å². The first kappa shape index (κ1) is 14.8. The van der Waals surface area contributed by atoms with E-state index in [1.807, 2.05) is 12.1 Å². The molecule has 0 aliphatic carbocycles. The standard InChI is InChI=1S/C15H12Br2N2OS/c1-7-3-4-9(5-8(7)2)12-13(20-19-15(12)18)10-6-11(16)21-14(10)17/h3-6H,1-2H3,(H2,18,19).